The molecule has 1 saturated heterocycles. The predicted octanol–water partition coefficient (Wildman–Crippen LogP) is 3.29. The fraction of sp³-hybridized carbons (Fsp3) is 0.318. The van der Waals surface area contributed by atoms with Gasteiger partial charge in [-0.25, -0.2) is 0 Å². The van der Waals surface area contributed by atoms with Gasteiger partial charge in [0.1, 0.15) is 11.5 Å². The minimum absolute atomic E-state index is 0.0226. The maximum atomic E-state index is 12.7. The van der Waals surface area contributed by atoms with Gasteiger partial charge < -0.3 is 28.4 Å². The van der Waals surface area contributed by atoms with Crippen molar-refractivity contribution in [1.82, 2.24) is 10.1 Å². The van der Waals surface area contributed by atoms with Gasteiger partial charge in [-0.1, -0.05) is 5.16 Å². The van der Waals surface area contributed by atoms with Crippen LogP contribution in [0.5, 0.6) is 23.0 Å². The Labute approximate surface area is 179 Å². The Morgan fingerprint density at radius 3 is 2.42 bits per heavy atom. The van der Waals surface area contributed by atoms with Gasteiger partial charge in [-0.2, -0.15) is 4.98 Å². The number of amides is 1. The monoisotopic (exact) mass is 425 g/mol. The predicted molar refractivity (Wildman–Crippen MR) is 112 cm³/mol. The second-order valence-corrected chi connectivity index (χ2v) is 6.97. The first kappa shape index (κ1) is 20.5. The molecule has 0 saturated carbocycles. The van der Waals surface area contributed by atoms with Crippen molar-refractivity contribution in [3.05, 3.63) is 42.2 Å². The number of carbonyl (C=O) groups excluding carboxylic acids is 1. The first-order chi connectivity index (χ1) is 15.1. The Hall–Kier alpha value is -3.75. The number of hydrogen-bond donors (Lipinski definition) is 0. The number of aromatic nitrogens is 2. The summed E-state index contributed by atoms with van der Waals surface area (Å²) in [4.78, 5) is 18.9. The van der Waals surface area contributed by atoms with E-state index in [4.69, 9.17) is 23.5 Å². The van der Waals surface area contributed by atoms with Crippen LogP contribution in [0.2, 0.25) is 0 Å². The summed E-state index contributed by atoms with van der Waals surface area (Å²) in [5.41, 5.74) is 1.38. The Morgan fingerprint density at radius 1 is 0.935 bits per heavy atom. The van der Waals surface area contributed by atoms with Crippen molar-refractivity contribution < 1.29 is 28.3 Å². The molecule has 0 aliphatic carbocycles. The van der Waals surface area contributed by atoms with Crippen LogP contribution >= 0.6 is 0 Å². The van der Waals surface area contributed by atoms with Gasteiger partial charge in [-0.15, -0.1) is 0 Å². The lowest BCUT2D eigenvalue weighted by molar-refractivity contribution is -0.117. The van der Waals surface area contributed by atoms with Crippen LogP contribution in [0.15, 0.2) is 40.9 Å². The minimum atomic E-state index is -0.192. The lowest BCUT2D eigenvalue weighted by atomic mass is 10.1. The Morgan fingerprint density at radius 2 is 1.71 bits per heavy atom. The summed E-state index contributed by atoms with van der Waals surface area (Å²) in [5, 5.41) is 4.12. The van der Waals surface area contributed by atoms with Crippen LogP contribution in [0, 0.1) is 0 Å². The first-order valence-electron chi connectivity index (χ1n) is 9.66. The molecule has 0 bridgehead atoms. The van der Waals surface area contributed by atoms with Crippen LogP contribution in [0.1, 0.15) is 18.2 Å². The molecular formula is C22H23N3O6. The summed E-state index contributed by atoms with van der Waals surface area (Å²) in [5.74, 6) is 2.97. The van der Waals surface area contributed by atoms with E-state index in [9.17, 15) is 4.79 Å². The third-order valence-electron chi connectivity index (χ3n) is 5.25. The van der Waals surface area contributed by atoms with E-state index in [1.807, 2.05) is 6.07 Å². The van der Waals surface area contributed by atoms with Crippen molar-refractivity contribution in [1.29, 1.82) is 0 Å². The lowest BCUT2D eigenvalue weighted by Crippen LogP contribution is -2.24. The van der Waals surface area contributed by atoms with E-state index in [1.54, 1.807) is 63.7 Å². The molecule has 1 amide bonds. The number of anilines is 1. The van der Waals surface area contributed by atoms with Crippen LogP contribution in [-0.2, 0) is 4.79 Å². The zero-order chi connectivity index (χ0) is 22.0. The van der Waals surface area contributed by atoms with Crippen molar-refractivity contribution in [2.24, 2.45) is 0 Å². The number of methoxy groups -OCH3 is 4. The van der Waals surface area contributed by atoms with Crippen LogP contribution in [0.25, 0.3) is 11.5 Å². The SMILES string of the molecule is COc1ccc(-c2nc(C3CC(=O)N(c4ccc(OC)c(OC)c4)C3)no2)c(OC)c1. The summed E-state index contributed by atoms with van der Waals surface area (Å²) in [6, 6.07) is 10.7. The van der Waals surface area contributed by atoms with Gasteiger partial charge in [-0.05, 0) is 24.3 Å². The quantitative estimate of drug-likeness (QED) is 0.569. The van der Waals surface area contributed by atoms with Gasteiger partial charge >= 0.3 is 0 Å². The first-order valence-corrected chi connectivity index (χ1v) is 9.66. The highest BCUT2D eigenvalue weighted by molar-refractivity contribution is 5.96. The number of benzene rings is 2. The van der Waals surface area contributed by atoms with Crippen molar-refractivity contribution in [3.63, 3.8) is 0 Å². The van der Waals surface area contributed by atoms with Crippen LogP contribution in [-0.4, -0.2) is 51.0 Å². The highest BCUT2D eigenvalue weighted by Crippen LogP contribution is 2.37. The van der Waals surface area contributed by atoms with E-state index >= 15 is 0 Å². The maximum Gasteiger partial charge on any atom is 0.261 e. The van der Waals surface area contributed by atoms with E-state index in [-0.39, 0.29) is 18.2 Å². The molecule has 1 aliphatic rings. The second kappa shape index (κ2) is 8.55. The number of carbonyl (C=O) groups is 1. The maximum absolute atomic E-state index is 12.7. The number of nitrogens with zero attached hydrogens (tertiary/aromatic N) is 3. The van der Waals surface area contributed by atoms with Crippen LogP contribution in [0.3, 0.4) is 0 Å². The molecule has 1 aromatic heterocycles. The zero-order valence-corrected chi connectivity index (χ0v) is 17.7. The average molecular weight is 425 g/mol. The van der Waals surface area contributed by atoms with Crippen molar-refractivity contribution >= 4 is 11.6 Å². The van der Waals surface area contributed by atoms with Crippen LogP contribution in [0.4, 0.5) is 5.69 Å². The molecule has 1 atom stereocenters. The smallest absolute Gasteiger partial charge is 0.261 e. The molecule has 0 N–H and O–H groups in total. The largest absolute Gasteiger partial charge is 0.497 e. The number of rotatable bonds is 7. The highest BCUT2D eigenvalue weighted by atomic mass is 16.5. The van der Waals surface area contributed by atoms with E-state index in [1.165, 1.54) is 0 Å². The molecule has 162 valence electrons. The molecule has 3 aromatic rings. The van der Waals surface area contributed by atoms with Gasteiger partial charge in [0.25, 0.3) is 5.89 Å². The zero-order valence-electron chi connectivity index (χ0n) is 17.7. The van der Waals surface area contributed by atoms with Gasteiger partial charge in [0.15, 0.2) is 17.3 Å². The molecule has 31 heavy (non-hydrogen) atoms. The van der Waals surface area contributed by atoms with E-state index in [0.717, 1.165) is 5.69 Å². The highest BCUT2D eigenvalue weighted by Gasteiger charge is 2.35. The minimum Gasteiger partial charge on any atom is -0.497 e. The van der Waals surface area contributed by atoms with Gasteiger partial charge in [0.2, 0.25) is 5.91 Å². The Bertz CT molecular complexity index is 1100. The summed E-state index contributed by atoms with van der Waals surface area (Å²) < 4.78 is 26.7. The summed E-state index contributed by atoms with van der Waals surface area (Å²) in [7, 11) is 6.28. The molecule has 0 radical (unpaired) electrons. The van der Waals surface area contributed by atoms with E-state index in [0.29, 0.717) is 46.8 Å². The van der Waals surface area contributed by atoms with Crippen molar-refractivity contribution in [2.45, 2.75) is 12.3 Å². The molecule has 4 rings (SSSR count). The molecule has 1 aliphatic heterocycles. The van der Waals surface area contributed by atoms with Gasteiger partial charge in [-0.3, -0.25) is 4.79 Å². The fourth-order valence-electron chi connectivity index (χ4n) is 3.61. The van der Waals surface area contributed by atoms with Crippen LogP contribution < -0.4 is 23.8 Å². The van der Waals surface area contributed by atoms with E-state index in [2.05, 4.69) is 10.1 Å². The molecule has 1 unspecified atom stereocenters. The van der Waals surface area contributed by atoms with E-state index < -0.39 is 0 Å². The average Bonchev–Trinajstić information content (AvgIpc) is 3.45. The third kappa shape index (κ3) is 3.86. The fourth-order valence-corrected chi connectivity index (χ4v) is 3.61. The Kier molecular flexibility index (Phi) is 5.66. The lowest BCUT2D eigenvalue weighted by Gasteiger charge is -2.18. The second-order valence-electron chi connectivity index (χ2n) is 6.97. The normalized spacial score (nSPS) is 15.8. The molecule has 9 nitrogen and oxygen atoms in total. The molecular weight excluding hydrogens is 402 g/mol. The standard InChI is InChI=1S/C22H23N3O6/c1-27-15-6-7-16(18(11-15)29-3)22-23-21(24-31-22)13-9-20(26)25(12-13)14-5-8-17(28-2)19(10-14)30-4/h5-8,10-11,13H,9,12H2,1-4H3. The number of ether oxygens (including phenoxy) is 4. The topological polar surface area (TPSA) is 96.2 Å². The Balaban J connectivity index is 1.56. The number of hydrogen-bond acceptors (Lipinski definition) is 8. The molecule has 2 aromatic carbocycles. The summed E-state index contributed by atoms with van der Waals surface area (Å²) in [6.45, 7) is 0.438. The molecule has 0 spiro atoms. The molecule has 2 heterocycles. The summed E-state index contributed by atoms with van der Waals surface area (Å²) >= 11 is 0. The molecule has 1 fully saturated rings. The van der Waals surface area contributed by atoms with Crippen molar-refractivity contribution in [3.8, 4) is 34.5 Å². The third-order valence-corrected chi connectivity index (χ3v) is 5.25. The van der Waals surface area contributed by atoms with Gasteiger partial charge in [0.05, 0.1) is 34.0 Å². The van der Waals surface area contributed by atoms with Gasteiger partial charge in [0, 0.05) is 36.7 Å². The molecule has 9 heteroatoms. The summed E-state index contributed by atoms with van der Waals surface area (Å²) in [6.07, 6.45) is 0.285. The van der Waals surface area contributed by atoms with Crippen molar-refractivity contribution in [2.75, 3.05) is 39.9 Å².